The molecule has 2 amide bonds. The van der Waals surface area contributed by atoms with Crippen LogP contribution in [0.5, 0.6) is 0 Å². The minimum Gasteiger partial charge on any atom is -0.368 e. The molecule has 18 heavy (non-hydrogen) atoms. The van der Waals surface area contributed by atoms with E-state index < -0.39 is 0 Å². The number of hydrogen-bond donors (Lipinski definition) is 2. The summed E-state index contributed by atoms with van der Waals surface area (Å²) >= 11 is 0. The van der Waals surface area contributed by atoms with Gasteiger partial charge in [0.15, 0.2) is 0 Å². The van der Waals surface area contributed by atoms with Gasteiger partial charge in [0, 0.05) is 13.0 Å². The summed E-state index contributed by atoms with van der Waals surface area (Å²) in [6.45, 7) is 2.66. The van der Waals surface area contributed by atoms with E-state index in [9.17, 15) is 9.59 Å². The highest BCUT2D eigenvalue weighted by Crippen LogP contribution is 2.21. The van der Waals surface area contributed by atoms with Crippen LogP contribution in [0.2, 0.25) is 0 Å². The molecule has 0 bridgehead atoms. The van der Waals surface area contributed by atoms with Crippen LogP contribution in [0.15, 0.2) is 0 Å². The monoisotopic (exact) mass is 253 g/mol. The van der Waals surface area contributed by atoms with Crippen LogP contribution in [-0.4, -0.2) is 42.4 Å². The number of hydrogen-bond acceptors (Lipinski definition) is 3. The summed E-state index contributed by atoms with van der Waals surface area (Å²) in [7, 11) is 0. The molecule has 5 heteroatoms. The van der Waals surface area contributed by atoms with Gasteiger partial charge < -0.3 is 16.0 Å². The van der Waals surface area contributed by atoms with Crippen LogP contribution in [-0.2, 0) is 9.59 Å². The van der Waals surface area contributed by atoms with Gasteiger partial charge in [0.05, 0.1) is 0 Å². The summed E-state index contributed by atoms with van der Waals surface area (Å²) < 4.78 is 0. The van der Waals surface area contributed by atoms with E-state index in [1.165, 1.54) is 0 Å². The zero-order chi connectivity index (χ0) is 13.0. The Kier molecular flexibility index (Phi) is 4.58. The number of amides is 2. The number of primary amides is 1. The Morgan fingerprint density at radius 3 is 2.72 bits per heavy atom. The van der Waals surface area contributed by atoms with Crippen molar-refractivity contribution in [2.45, 2.75) is 44.6 Å². The van der Waals surface area contributed by atoms with Gasteiger partial charge in [-0.3, -0.25) is 9.59 Å². The molecule has 2 rings (SSSR count). The zero-order valence-electron chi connectivity index (χ0n) is 10.9. The predicted octanol–water partition coefficient (Wildman–Crippen LogP) is 0.242. The Morgan fingerprint density at radius 1 is 1.22 bits per heavy atom. The van der Waals surface area contributed by atoms with Crippen LogP contribution in [0.4, 0.5) is 0 Å². The van der Waals surface area contributed by atoms with Crippen molar-refractivity contribution in [2.24, 2.45) is 11.7 Å². The highest BCUT2D eigenvalue weighted by Gasteiger charge is 2.31. The quantitative estimate of drug-likeness (QED) is 0.756. The fourth-order valence-corrected chi connectivity index (χ4v) is 2.99. The molecule has 0 aromatic rings. The highest BCUT2D eigenvalue weighted by molar-refractivity contribution is 5.86. The molecule has 0 aliphatic carbocycles. The van der Waals surface area contributed by atoms with Crippen LogP contribution in [0.25, 0.3) is 0 Å². The van der Waals surface area contributed by atoms with E-state index in [1.54, 1.807) is 4.90 Å². The Labute approximate surface area is 108 Å². The van der Waals surface area contributed by atoms with Crippen LogP contribution in [0, 0.1) is 5.92 Å². The van der Waals surface area contributed by atoms with Crippen molar-refractivity contribution in [2.75, 3.05) is 19.6 Å². The van der Waals surface area contributed by atoms with E-state index in [0.29, 0.717) is 18.9 Å². The summed E-state index contributed by atoms with van der Waals surface area (Å²) in [5.74, 6) is 0.165. The number of rotatable bonds is 3. The van der Waals surface area contributed by atoms with Crippen LogP contribution < -0.4 is 11.1 Å². The molecule has 2 atom stereocenters. The van der Waals surface area contributed by atoms with Gasteiger partial charge in [-0.15, -0.1) is 0 Å². The van der Waals surface area contributed by atoms with E-state index in [2.05, 4.69) is 5.32 Å². The minimum absolute atomic E-state index is 0.104. The third-order valence-corrected chi connectivity index (χ3v) is 4.01. The Morgan fingerprint density at radius 2 is 2.06 bits per heavy atom. The summed E-state index contributed by atoms with van der Waals surface area (Å²) in [5, 5.41) is 3.31. The molecule has 0 aromatic carbocycles. The van der Waals surface area contributed by atoms with Crippen molar-refractivity contribution in [1.82, 2.24) is 10.2 Å². The summed E-state index contributed by atoms with van der Waals surface area (Å²) in [4.78, 5) is 25.4. The van der Waals surface area contributed by atoms with Crippen molar-refractivity contribution in [3.05, 3.63) is 0 Å². The Balaban J connectivity index is 1.91. The largest absolute Gasteiger partial charge is 0.368 e. The topological polar surface area (TPSA) is 75.4 Å². The average Bonchev–Trinajstić information content (AvgIpc) is 2.40. The first-order chi connectivity index (χ1) is 8.68. The lowest BCUT2D eigenvalue weighted by atomic mass is 9.94. The molecular formula is C13H23N3O2. The van der Waals surface area contributed by atoms with Crippen LogP contribution >= 0.6 is 0 Å². The molecule has 2 aliphatic rings. The summed E-state index contributed by atoms with van der Waals surface area (Å²) in [5.41, 5.74) is 5.38. The van der Waals surface area contributed by atoms with Gasteiger partial charge in [0.1, 0.15) is 6.04 Å². The van der Waals surface area contributed by atoms with Gasteiger partial charge in [-0.05, 0) is 51.1 Å². The maximum atomic E-state index is 12.3. The first kappa shape index (κ1) is 13.3. The van der Waals surface area contributed by atoms with E-state index in [0.717, 1.165) is 45.2 Å². The highest BCUT2D eigenvalue weighted by atomic mass is 16.2. The fourth-order valence-electron chi connectivity index (χ4n) is 2.99. The number of piperidine rings is 2. The van der Waals surface area contributed by atoms with E-state index in [4.69, 9.17) is 5.73 Å². The first-order valence-electron chi connectivity index (χ1n) is 6.98. The number of nitrogens with zero attached hydrogens (tertiary/aromatic N) is 1. The standard InChI is InChI=1S/C13H23N3O2/c14-13(18)11-5-1-2-7-16(11)12(17)8-10-4-3-6-15-9-10/h10-11,15H,1-9H2,(H2,14,18). The maximum absolute atomic E-state index is 12.3. The van der Waals surface area contributed by atoms with Gasteiger partial charge in [-0.1, -0.05) is 0 Å². The third-order valence-electron chi connectivity index (χ3n) is 4.01. The molecule has 2 heterocycles. The molecular weight excluding hydrogens is 230 g/mol. The van der Waals surface area contributed by atoms with Gasteiger partial charge in [0.25, 0.3) is 0 Å². The molecule has 0 spiro atoms. The summed E-state index contributed by atoms with van der Waals surface area (Å²) in [6, 6.07) is -0.372. The third kappa shape index (κ3) is 3.22. The predicted molar refractivity (Wildman–Crippen MR) is 68.8 cm³/mol. The van der Waals surface area contributed by atoms with E-state index in [1.807, 2.05) is 0 Å². The van der Waals surface area contributed by atoms with Gasteiger partial charge in [-0.25, -0.2) is 0 Å². The van der Waals surface area contributed by atoms with Crippen LogP contribution in [0.3, 0.4) is 0 Å². The molecule has 2 fully saturated rings. The van der Waals surface area contributed by atoms with Crippen molar-refractivity contribution >= 4 is 11.8 Å². The first-order valence-corrected chi connectivity index (χ1v) is 6.98. The fraction of sp³-hybridized carbons (Fsp3) is 0.846. The van der Waals surface area contributed by atoms with Gasteiger partial charge in [0.2, 0.25) is 11.8 Å². The number of likely N-dealkylation sites (tertiary alicyclic amines) is 1. The van der Waals surface area contributed by atoms with Gasteiger partial charge in [-0.2, -0.15) is 0 Å². The molecule has 0 saturated carbocycles. The van der Waals surface area contributed by atoms with Crippen LogP contribution in [0.1, 0.15) is 38.5 Å². The molecule has 0 radical (unpaired) electrons. The van der Waals surface area contributed by atoms with Crippen molar-refractivity contribution in [3.63, 3.8) is 0 Å². The average molecular weight is 253 g/mol. The van der Waals surface area contributed by atoms with E-state index in [-0.39, 0.29) is 17.9 Å². The number of nitrogens with one attached hydrogen (secondary N) is 1. The molecule has 2 saturated heterocycles. The normalized spacial score (nSPS) is 29.0. The minimum atomic E-state index is -0.372. The maximum Gasteiger partial charge on any atom is 0.240 e. The number of nitrogens with two attached hydrogens (primary N) is 1. The Bertz CT molecular complexity index is 313. The zero-order valence-corrected chi connectivity index (χ0v) is 10.9. The second-order valence-corrected chi connectivity index (χ2v) is 5.42. The smallest absolute Gasteiger partial charge is 0.240 e. The lowest BCUT2D eigenvalue weighted by molar-refractivity contribution is -0.141. The van der Waals surface area contributed by atoms with Crippen molar-refractivity contribution in [3.8, 4) is 0 Å². The number of carbonyl (C=O) groups excluding carboxylic acids is 2. The lowest BCUT2D eigenvalue weighted by Crippen LogP contribution is -2.51. The summed E-state index contributed by atoms with van der Waals surface area (Å²) in [6.07, 6.45) is 5.49. The molecule has 5 nitrogen and oxygen atoms in total. The molecule has 102 valence electrons. The van der Waals surface area contributed by atoms with E-state index >= 15 is 0 Å². The number of carbonyl (C=O) groups is 2. The van der Waals surface area contributed by atoms with Crippen molar-refractivity contribution < 1.29 is 9.59 Å². The molecule has 2 aliphatic heterocycles. The van der Waals surface area contributed by atoms with Crippen molar-refractivity contribution in [1.29, 1.82) is 0 Å². The second kappa shape index (κ2) is 6.18. The molecule has 2 unspecified atom stereocenters. The van der Waals surface area contributed by atoms with Gasteiger partial charge >= 0.3 is 0 Å². The lowest BCUT2D eigenvalue weighted by Gasteiger charge is -2.35. The molecule has 3 N–H and O–H groups in total. The second-order valence-electron chi connectivity index (χ2n) is 5.42. The SMILES string of the molecule is NC(=O)C1CCCCN1C(=O)CC1CCCNC1. The molecule has 0 aromatic heterocycles. The Hall–Kier alpha value is -1.10.